The molecule has 18 heavy (non-hydrogen) atoms. The summed E-state index contributed by atoms with van der Waals surface area (Å²) in [6, 6.07) is 10.5. The lowest BCUT2D eigenvalue weighted by Crippen LogP contribution is -2.02. The van der Waals surface area contributed by atoms with E-state index >= 15 is 0 Å². The zero-order valence-corrected chi connectivity index (χ0v) is 11.1. The van der Waals surface area contributed by atoms with Crippen LogP contribution in [0, 0.1) is 0 Å². The molecule has 3 rings (SSSR count). The summed E-state index contributed by atoms with van der Waals surface area (Å²) in [5.74, 6) is 1.08. The van der Waals surface area contributed by atoms with Crippen LogP contribution in [0.1, 0.15) is 16.7 Å². The average Bonchev–Trinajstić information content (AvgIpc) is 3.05. The van der Waals surface area contributed by atoms with E-state index in [9.17, 15) is 0 Å². The normalized spacial score (nSPS) is 10.9. The van der Waals surface area contributed by atoms with Crippen LogP contribution in [0.15, 0.2) is 42.7 Å². The fourth-order valence-corrected chi connectivity index (χ4v) is 2.87. The van der Waals surface area contributed by atoms with Gasteiger partial charge in [-0.3, -0.25) is 4.40 Å². The van der Waals surface area contributed by atoms with Gasteiger partial charge in [0.05, 0.1) is 6.54 Å². The van der Waals surface area contributed by atoms with Crippen LogP contribution < -0.4 is 5.32 Å². The Morgan fingerprint density at radius 3 is 2.94 bits per heavy atom. The van der Waals surface area contributed by atoms with Crippen molar-refractivity contribution in [3.05, 3.63) is 52.5 Å². The third-order valence-corrected chi connectivity index (χ3v) is 4.17. The Balaban J connectivity index is 1.78. The van der Waals surface area contributed by atoms with Crippen LogP contribution in [-0.4, -0.2) is 9.38 Å². The SMILES string of the molecule is CCc1ccc(CNc2cccc3nccn23)s1. The number of anilines is 1. The van der Waals surface area contributed by atoms with E-state index in [0.717, 1.165) is 24.4 Å². The number of fused-ring (bicyclic) bond motifs is 1. The summed E-state index contributed by atoms with van der Waals surface area (Å²) in [6.07, 6.45) is 4.91. The lowest BCUT2D eigenvalue weighted by Gasteiger charge is -2.07. The highest BCUT2D eigenvalue weighted by atomic mass is 32.1. The summed E-state index contributed by atoms with van der Waals surface area (Å²) in [7, 11) is 0. The summed E-state index contributed by atoms with van der Waals surface area (Å²) >= 11 is 1.87. The van der Waals surface area contributed by atoms with E-state index in [0.29, 0.717) is 0 Å². The number of aryl methyl sites for hydroxylation is 1. The highest BCUT2D eigenvalue weighted by Crippen LogP contribution is 2.19. The summed E-state index contributed by atoms with van der Waals surface area (Å²) in [6.45, 7) is 3.05. The van der Waals surface area contributed by atoms with Crippen LogP contribution in [-0.2, 0) is 13.0 Å². The molecule has 0 aliphatic heterocycles. The van der Waals surface area contributed by atoms with Gasteiger partial charge in [0.2, 0.25) is 0 Å². The van der Waals surface area contributed by atoms with Crippen molar-refractivity contribution >= 4 is 22.8 Å². The molecule has 0 aliphatic carbocycles. The first-order valence-corrected chi connectivity index (χ1v) is 6.92. The molecule has 3 aromatic rings. The fourth-order valence-electron chi connectivity index (χ4n) is 1.98. The Morgan fingerprint density at radius 2 is 2.11 bits per heavy atom. The standard InChI is InChI=1S/C14H15N3S/c1-2-11-6-7-12(18-11)10-16-14-5-3-4-13-15-8-9-17(13)14/h3-9,16H,2,10H2,1H3. The largest absolute Gasteiger partial charge is 0.366 e. The zero-order valence-electron chi connectivity index (χ0n) is 10.3. The average molecular weight is 257 g/mol. The first kappa shape index (κ1) is 11.3. The van der Waals surface area contributed by atoms with Crippen LogP contribution in [0.2, 0.25) is 0 Å². The van der Waals surface area contributed by atoms with Gasteiger partial charge in [-0.25, -0.2) is 4.98 Å². The van der Waals surface area contributed by atoms with Crippen molar-refractivity contribution in [3.8, 4) is 0 Å². The van der Waals surface area contributed by atoms with Crippen molar-refractivity contribution in [3.63, 3.8) is 0 Å². The highest BCUT2D eigenvalue weighted by Gasteiger charge is 2.02. The van der Waals surface area contributed by atoms with E-state index in [2.05, 4.69) is 39.8 Å². The molecule has 0 spiro atoms. The van der Waals surface area contributed by atoms with E-state index in [1.807, 2.05) is 35.9 Å². The predicted molar refractivity (Wildman–Crippen MR) is 76.2 cm³/mol. The quantitative estimate of drug-likeness (QED) is 0.774. The molecule has 0 aliphatic rings. The van der Waals surface area contributed by atoms with E-state index in [-0.39, 0.29) is 0 Å². The molecule has 3 heterocycles. The number of aromatic nitrogens is 2. The second-order valence-corrected chi connectivity index (χ2v) is 5.39. The third kappa shape index (κ3) is 2.11. The number of rotatable bonds is 4. The number of hydrogen-bond acceptors (Lipinski definition) is 3. The van der Waals surface area contributed by atoms with Gasteiger partial charge in [0.1, 0.15) is 11.5 Å². The second kappa shape index (κ2) is 4.82. The number of nitrogens with zero attached hydrogens (tertiary/aromatic N) is 2. The Labute approximate surface area is 110 Å². The van der Waals surface area contributed by atoms with Gasteiger partial charge in [-0.15, -0.1) is 11.3 Å². The molecule has 0 fully saturated rings. The van der Waals surface area contributed by atoms with E-state index < -0.39 is 0 Å². The van der Waals surface area contributed by atoms with Gasteiger partial charge in [-0.05, 0) is 30.7 Å². The number of imidazole rings is 1. The summed E-state index contributed by atoms with van der Waals surface area (Å²) < 4.78 is 2.06. The minimum atomic E-state index is 0.863. The van der Waals surface area contributed by atoms with Crippen molar-refractivity contribution in [2.24, 2.45) is 0 Å². The van der Waals surface area contributed by atoms with Crippen molar-refractivity contribution in [2.45, 2.75) is 19.9 Å². The van der Waals surface area contributed by atoms with Crippen LogP contribution in [0.4, 0.5) is 5.82 Å². The van der Waals surface area contributed by atoms with Gasteiger partial charge in [0, 0.05) is 22.1 Å². The Bertz CT molecular complexity index is 654. The monoisotopic (exact) mass is 257 g/mol. The highest BCUT2D eigenvalue weighted by molar-refractivity contribution is 7.12. The molecule has 1 N–H and O–H groups in total. The lowest BCUT2D eigenvalue weighted by molar-refractivity contribution is 1.09. The number of pyridine rings is 1. The van der Waals surface area contributed by atoms with Gasteiger partial charge in [0.25, 0.3) is 0 Å². The van der Waals surface area contributed by atoms with Crippen molar-refractivity contribution in [2.75, 3.05) is 5.32 Å². The molecule has 0 aromatic carbocycles. The maximum Gasteiger partial charge on any atom is 0.138 e. The molecule has 3 nitrogen and oxygen atoms in total. The zero-order chi connectivity index (χ0) is 12.4. The van der Waals surface area contributed by atoms with Gasteiger partial charge in [0.15, 0.2) is 0 Å². The van der Waals surface area contributed by atoms with Gasteiger partial charge < -0.3 is 5.32 Å². The van der Waals surface area contributed by atoms with Crippen LogP contribution in [0.3, 0.4) is 0 Å². The first-order valence-electron chi connectivity index (χ1n) is 6.10. The molecular weight excluding hydrogens is 242 g/mol. The van der Waals surface area contributed by atoms with E-state index in [4.69, 9.17) is 0 Å². The Hall–Kier alpha value is -1.81. The molecular formula is C14H15N3S. The molecule has 0 amide bonds. The van der Waals surface area contributed by atoms with Crippen molar-refractivity contribution < 1.29 is 0 Å². The minimum absolute atomic E-state index is 0.863. The maximum atomic E-state index is 4.28. The molecule has 0 saturated carbocycles. The molecule has 92 valence electrons. The van der Waals surface area contributed by atoms with Crippen LogP contribution in [0.25, 0.3) is 5.65 Å². The summed E-state index contributed by atoms with van der Waals surface area (Å²) in [5, 5.41) is 3.46. The molecule has 0 atom stereocenters. The van der Waals surface area contributed by atoms with Gasteiger partial charge in [-0.1, -0.05) is 13.0 Å². The number of hydrogen-bond donors (Lipinski definition) is 1. The molecule has 0 unspecified atom stereocenters. The second-order valence-electron chi connectivity index (χ2n) is 4.14. The molecule has 4 heteroatoms. The number of thiophene rings is 1. The van der Waals surface area contributed by atoms with E-state index in [1.54, 1.807) is 0 Å². The minimum Gasteiger partial charge on any atom is -0.366 e. The Kier molecular flexibility index (Phi) is 3.02. The molecule has 0 radical (unpaired) electrons. The summed E-state index contributed by atoms with van der Waals surface area (Å²) in [4.78, 5) is 7.08. The summed E-state index contributed by atoms with van der Waals surface area (Å²) in [5.41, 5.74) is 0.973. The number of nitrogens with one attached hydrogen (secondary N) is 1. The van der Waals surface area contributed by atoms with Gasteiger partial charge in [-0.2, -0.15) is 0 Å². The van der Waals surface area contributed by atoms with Crippen LogP contribution >= 0.6 is 11.3 Å². The first-order chi connectivity index (χ1) is 8.86. The van der Waals surface area contributed by atoms with Gasteiger partial charge >= 0.3 is 0 Å². The topological polar surface area (TPSA) is 29.3 Å². The predicted octanol–water partition coefficient (Wildman–Crippen LogP) is 3.57. The fraction of sp³-hybridized carbons (Fsp3) is 0.214. The molecule has 0 saturated heterocycles. The van der Waals surface area contributed by atoms with Crippen molar-refractivity contribution in [1.82, 2.24) is 9.38 Å². The molecule has 0 bridgehead atoms. The van der Waals surface area contributed by atoms with E-state index in [1.165, 1.54) is 9.75 Å². The third-order valence-electron chi connectivity index (χ3n) is 2.94. The maximum absolute atomic E-state index is 4.28. The lowest BCUT2D eigenvalue weighted by atomic mass is 10.3. The smallest absolute Gasteiger partial charge is 0.138 e. The van der Waals surface area contributed by atoms with Crippen LogP contribution in [0.5, 0.6) is 0 Å². The Morgan fingerprint density at radius 1 is 1.22 bits per heavy atom. The molecule has 3 aromatic heterocycles. The van der Waals surface area contributed by atoms with Crippen molar-refractivity contribution in [1.29, 1.82) is 0 Å².